The van der Waals surface area contributed by atoms with E-state index in [4.69, 9.17) is 5.11 Å². The van der Waals surface area contributed by atoms with Crippen LogP contribution in [0.1, 0.15) is 19.8 Å². The zero-order valence-corrected chi connectivity index (χ0v) is 11.7. The predicted molar refractivity (Wildman–Crippen MR) is 70.6 cm³/mol. The van der Waals surface area contributed by atoms with Crippen LogP contribution in [0.2, 0.25) is 0 Å². The smallest absolute Gasteiger partial charge is 0.309 e. The van der Waals surface area contributed by atoms with Crippen LogP contribution >= 0.6 is 11.8 Å². The molecule has 0 radical (unpaired) electrons. The molecule has 106 valence electrons. The molecule has 0 aromatic heterocycles. The number of carbonyl (C=O) groups is 3. The van der Waals surface area contributed by atoms with Crippen LogP contribution in [0, 0.1) is 5.41 Å². The standard InChI is InChI=1S/C12H18N2O4S/c1-12(11(17)18)2-4-13(5-3-12)9(15)6-14-8-19-7-10(14)16/h2-8H2,1H3,(H,17,18). The number of likely N-dealkylation sites (tertiary alicyclic amines) is 1. The van der Waals surface area contributed by atoms with Crippen LogP contribution in [0.3, 0.4) is 0 Å². The van der Waals surface area contributed by atoms with E-state index in [1.807, 2.05) is 0 Å². The quantitative estimate of drug-likeness (QED) is 0.803. The average Bonchev–Trinajstić information content (AvgIpc) is 2.75. The summed E-state index contributed by atoms with van der Waals surface area (Å²) in [6.07, 6.45) is 0.938. The number of carboxylic acids is 1. The van der Waals surface area contributed by atoms with Crippen molar-refractivity contribution in [2.45, 2.75) is 19.8 Å². The van der Waals surface area contributed by atoms with Crippen LogP contribution < -0.4 is 0 Å². The highest BCUT2D eigenvalue weighted by molar-refractivity contribution is 8.00. The summed E-state index contributed by atoms with van der Waals surface area (Å²) in [4.78, 5) is 37.8. The maximum atomic E-state index is 12.1. The summed E-state index contributed by atoms with van der Waals surface area (Å²) in [7, 11) is 0. The van der Waals surface area contributed by atoms with E-state index in [2.05, 4.69) is 0 Å². The second kappa shape index (κ2) is 5.40. The van der Waals surface area contributed by atoms with E-state index in [0.29, 0.717) is 37.6 Å². The van der Waals surface area contributed by atoms with E-state index in [9.17, 15) is 14.4 Å². The Balaban J connectivity index is 1.86. The topological polar surface area (TPSA) is 77.9 Å². The van der Waals surface area contributed by atoms with Crippen molar-refractivity contribution in [2.24, 2.45) is 5.41 Å². The van der Waals surface area contributed by atoms with Gasteiger partial charge in [-0.2, -0.15) is 0 Å². The van der Waals surface area contributed by atoms with Crippen LogP contribution in [0.4, 0.5) is 0 Å². The van der Waals surface area contributed by atoms with Gasteiger partial charge in [0.25, 0.3) is 0 Å². The molecule has 0 unspecified atom stereocenters. The Morgan fingerprint density at radius 1 is 1.37 bits per heavy atom. The SMILES string of the molecule is CC1(C(=O)O)CCN(C(=O)CN2CSCC2=O)CC1. The van der Waals surface area contributed by atoms with Gasteiger partial charge in [0.2, 0.25) is 11.8 Å². The van der Waals surface area contributed by atoms with Gasteiger partial charge in [-0.1, -0.05) is 0 Å². The van der Waals surface area contributed by atoms with Crippen molar-refractivity contribution in [3.8, 4) is 0 Å². The fourth-order valence-corrected chi connectivity index (χ4v) is 3.17. The second-order valence-electron chi connectivity index (χ2n) is 5.32. The molecule has 2 fully saturated rings. The first kappa shape index (κ1) is 14.2. The number of piperidine rings is 1. The lowest BCUT2D eigenvalue weighted by atomic mass is 9.80. The van der Waals surface area contributed by atoms with Crippen molar-refractivity contribution in [1.29, 1.82) is 0 Å². The minimum atomic E-state index is -0.800. The largest absolute Gasteiger partial charge is 0.481 e. The van der Waals surface area contributed by atoms with Crippen LogP contribution in [0.15, 0.2) is 0 Å². The summed E-state index contributed by atoms with van der Waals surface area (Å²) in [5.41, 5.74) is -0.726. The van der Waals surface area contributed by atoms with Gasteiger partial charge in [-0.3, -0.25) is 14.4 Å². The Kier molecular flexibility index (Phi) is 4.03. The zero-order valence-electron chi connectivity index (χ0n) is 10.9. The number of nitrogens with zero attached hydrogens (tertiary/aromatic N) is 2. The Morgan fingerprint density at radius 2 is 2.00 bits per heavy atom. The molecule has 2 aliphatic rings. The van der Waals surface area contributed by atoms with Crippen molar-refractivity contribution < 1.29 is 19.5 Å². The molecule has 7 heteroatoms. The molecule has 0 saturated carbocycles. The molecule has 0 spiro atoms. The van der Waals surface area contributed by atoms with Crippen molar-refractivity contribution >= 4 is 29.5 Å². The number of amides is 2. The van der Waals surface area contributed by atoms with E-state index in [1.54, 1.807) is 16.7 Å². The molecule has 0 aromatic rings. The highest BCUT2D eigenvalue weighted by atomic mass is 32.2. The van der Waals surface area contributed by atoms with E-state index < -0.39 is 11.4 Å². The monoisotopic (exact) mass is 286 g/mol. The molecular formula is C12H18N2O4S. The van der Waals surface area contributed by atoms with Crippen molar-refractivity contribution in [2.75, 3.05) is 31.3 Å². The lowest BCUT2D eigenvalue weighted by molar-refractivity contribution is -0.153. The van der Waals surface area contributed by atoms with Gasteiger partial charge in [-0.25, -0.2) is 0 Å². The predicted octanol–water partition coefficient (Wildman–Crippen LogP) is 0.233. The van der Waals surface area contributed by atoms with Crippen molar-refractivity contribution in [3.63, 3.8) is 0 Å². The summed E-state index contributed by atoms with van der Waals surface area (Å²) in [5, 5.41) is 9.13. The zero-order chi connectivity index (χ0) is 14.0. The number of rotatable bonds is 3. The van der Waals surface area contributed by atoms with E-state index >= 15 is 0 Å². The van der Waals surface area contributed by atoms with Gasteiger partial charge in [-0.05, 0) is 19.8 Å². The third kappa shape index (κ3) is 3.02. The van der Waals surface area contributed by atoms with Crippen molar-refractivity contribution in [1.82, 2.24) is 9.80 Å². The molecule has 0 bridgehead atoms. The van der Waals surface area contributed by atoms with Gasteiger partial charge >= 0.3 is 5.97 Å². The molecule has 2 saturated heterocycles. The van der Waals surface area contributed by atoms with E-state index in [0.717, 1.165) is 0 Å². The first-order valence-corrected chi connectivity index (χ1v) is 7.44. The summed E-state index contributed by atoms with van der Waals surface area (Å²) < 4.78 is 0. The number of aliphatic carboxylic acids is 1. The number of thioether (sulfide) groups is 1. The summed E-state index contributed by atoms with van der Waals surface area (Å²) in [6.45, 7) is 2.75. The fourth-order valence-electron chi connectivity index (χ4n) is 2.27. The summed E-state index contributed by atoms with van der Waals surface area (Å²) in [5.74, 6) is 0.148. The van der Waals surface area contributed by atoms with Crippen LogP contribution in [0.25, 0.3) is 0 Å². The van der Waals surface area contributed by atoms with Gasteiger partial charge in [0.1, 0.15) is 6.54 Å². The first-order chi connectivity index (χ1) is 8.92. The lowest BCUT2D eigenvalue weighted by Gasteiger charge is -2.37. The van der Waals surface area contributed by atoms with Gasteiger partial charge in [-0.15, -0.1) is 11.8 Å². The van der Waals surface area contributed by atoms with E-state index in [-0.39, 0.29) is 18.4 Å². The van der Waals surface area contributed by atoms with Crippen LogP contribution in [0.5, 0.6) is 0 Å². The third-order valence-corrected chi connectivity index (χ3v) is 4.83. The number of hydrogen-bond donors (Lipinski definition) is 1. The van der Waals surface area contributed by atoms with Gasteiger partial charge in [0, 0.05) is 13.1 Å². The molecule has 2 amide bonds. The Hall–Kier alpha value is -1.24. The number of carboxylic acid groups (broad SMARTS) is 1. The van der Waals surface area contributed by atoms with Gasteiger partial charge in [0.15, 0.2) is 0 Å². The molecule has 6 nitrogen and oxygen atoms in total. The highest BCUT2D eigenvalue weighted by Crippen LogP contribution is 2.31. The first-order valence-electron chi connectivity index (χ1n) is 6.29. The van der Waals surface area contributed by atoms with Crippen LogP contribution in [-0.2, 0) is 14.4 Å². The highest BCUT2D eigenvalue weighted by Gasteiger charge is 2.38. The molecule has 0 aliphatic carbocycles. The molecule has 0 atom stereocenters. The number of hydrogen-bond acceptors (Lipinski definition) is 4. The minimum Gasteiger partial charge on any atom is -0.481 e. The minimum absolute atomic E-state index is 0.00531. The van der Waals surface area contributed by atoms with Gasteiger partial charge in [0.05, 0.1) is 17.0 Å². The molecule has 19 heavy (non-hydrogen) atoms. The normalized spacial score (nSPS) is 22.7. The fraction of sp³-hybridized carbons (Fsp3) is 0.750. The third-order valence-electron chi connectivity index (χ3n) is 3.89. The molecule has 1 N–H and O–H groups in total. The summed E-state index contributed by atoms with van der Waals surface area (Å²) >= 11 is 1.51. The molecule has 0 aromatic carbocycles. The maximum Gasteiger partial charge on any atom is 0.309 e. The molecular weight excluding hydrogens is 268 g/mol. The van der Waals surface area contributed by atoms with Crippen molar-refractivity contribution in [3.05, 3.63) is 0 Å². The van der Waals surface area contributed by atoms with Gasteiger partial charge < -0.3 is 14.9 Å². The molecule has 2 heterocycles. The Morgan fingerprint density at radius 3 is 2.47 bits per heavy atom. The molecule has 2 aliphatic heterocycles. The average molecular weight is 286 g/mol. The Bertz CT molecular complexity index is 405. The summed E-state index contributed by atoms with van der Waals surface area (Å²) in [6, 6.07) is 0. The Labute approximate surface area is 116 Å². The maximum absolute atomic E-state index is 12.1. The number of carbonyl (C=O) groups excluding carboxylic acids is 2. The molecule has 2 rings (SSSR count). The second-order valence-corrected chi connectivity index (χ2v) is 6.27. The van der Waals surface area contributed by atoms with E-state index in [1.165, 1.54) is 11.8 Å². The lowest BCUT2D eigenvalue weighted by Crippen LogP contribution is -2.48. The van der Waals surface area contributed by atoms with Crippen LogP contribution in [-0.4, -0.2) is 64.0 Å².